The van der Waals surface area contributed by atoms with Crippen molar-refractivity contribution in [1.29, 1.82) is 0 Å². The van der Waals surface area contributed by atoms with Crippen LogP contribution in [0, 0.1) is 0 Å². The summed E-state index contributed by atoms with van der Waals surface area (Å²) in [5, 5.41) is 19.0. The van der Waals surface area contributed by atoms with Gasteiger partial charge < -0.3 is 9.67 Å². The van der Waals surface area contributed by atoms with Gasteiger partial charge in [-0.2, -0.15) is 0 Å². The van der Waals surface area contributed by atoms with Crippen molar-refractivity contribution in [3.05, 3.63) is 40.7 Å². The van der Waals surface area contributed by atoms with Crippen LogP contribution in [0.15, 0.2) is 29.4 Å². The molecule has 0 amide bonds. The molecule has 0 unspecified atom stereocenters. The quantitative estimate of drug-likeness (QED) is 0.798. The Kier molecular flexibility index (Phi) is 5.88. The molecule has 20 heavy (non-hydrogen) atoms. The summed E-state index contributed by atoms with van der Waals surface area (Å²) in [4.78, 5) is 0. The zero-order valence-electron chi connectivity index (χ0n) is 11.4. The lowest BCUT2D eigenvalue weighted by molar-refractivity contribution is 0.286. The standard InChI is InChI=1S/C14H18ClN3OS/c1-2-18-13(8-5-9-19)16-17-14(18)20-10-11-6-3-4-7-12(11)15/h3-4,6-7,19H,2,5,8-10H2,1H3. The Morgan fingerprint density at radius 2 is 2.10 bits per heavy atom. The van der Waals surface area contributed by atoms with E-state index in [1.165, 1.54) is 0 Å². The van der Waals surface area contributed by atoms with Crippen molar-refractivity contribution in [2.45, 2.75) is 37.2 Å². The Morgan fingerprint density at radius 3 is 2.80 bits per heavy atom. The van der Waals surface area contributed by atoms with Crippen molar-refractivity contribution in [1.82, 2.24) is 14.8 Å². The van der Waals surface area contributed by atoms with Crippen LogP contribution in [0.1, 0.15) is 24.7 Å². The van der Waals surface area contributed by atoms with Crippen molar-refractivity contribution >= 4 is 23.4 Å². The number of halogens is 1. The predicted octanol–water partition coefficient (Wildman–Crippen LogP) is 3.17. The predicted molar refractivity (Wildman–Crippen MR) is 82.1 cm³/mol. The van der Waals surface area contributed by atoms with E-state index < -0.39 is 0 Å². The molecule has 1 heterocycles. The lowest BCUT2D eigenvalue weighted by Crippen LogP contribution is -2.04. The first-order valence-electron chi connectivity index (χ1n) is 6.65. The molecule has 0 spiro atoms. The fourth-order valence-corrected chi connectivity index (χ4v) is 3.23. The topological polar surface area (TPSA) is 50.9 Å². The largest absolute Gasteiger partial charge is 0.396 e. The van der Waals surface area contributed by atoms with Crippen molar-refractivity contribution in [2.75, 3.05) is 6.61 Å². The molecular weight excluding hydrogens is 294 g/mol. The number of hydrogen-bond acceptors (Lipinski definition) is 4. The Morgan fingerprint density at radius 1 is 1.30 bits per heavy atom. The smallest absolute Gasteiger partial charge is 0.191 e. The molecule has 0 fully saturated rings. The number of hydrogen-bond donors (Lipinski definition) is 1. The van der Waals surface area contributed by atoms with Crippen molar-refractivity contribution in [2.24, 2.45) is 0 Å². The van der Waals surface area contributed by atoms with Crippen LogP contribution < -0.4 is 0 Å². The number of aliphatic hydroxyl groups excluding tert-OH is 1. The second-order valence-electron chi connectivity index (χ2n) is 4.35. The van der Waals surface area contributed by atoms with Gasteiger partial charge in [-0.05, 0) is 25.0 Å². The number of aromatic nitrogens is 3. The highest BCUT2D eigenvalue weighted by atomic mass is 35.5. The number of benzene rings is 1. The number of aliphatic hydroxyl groups is 1. The van der Waals surface area contributed by atoms with Gasteiger partial charge in [0.15, 0.2) is 5.16 Å². The zero-order valence-corrected chi connectivity index (χ0v) is 13.0. The van der Waals surface area contributed by atoms with E-state index in [4.69, 9.17) is 16.7 Å². The van der Waals surface area contributed by atoms with E-state index >= 15 is 0 Å². The molecule has 2 rings (SSSR count). The van der Waals surface area contributed by atoms with Crippen LogP contribution in [0.5, 0.6) is 0 Å². The summed E-state index contributed by atoms with van der Waals surface area (Å²) < 4.78 is 2.09. The van der Waals surface area contributed by atoms with E-state index in [1.807, 2.05) is 24.3 Å². The first kappa shape index (κ1) is 15.4. The monoisotopic (exact) mass is 311 g/mol. The fourth-order valence-electron chi connectivity index (χ4n) is 1.92. The van der Waals surface area contributed by atoms with Crippen LogP contribution in [-0.4, -0.2) is 26.5 Å². The molecule has 0 bridgehead atoms. The maximum atomic E-state index is 8.90. The Balaban J connectivity index is 2.06. The molecule has 2 aromatic rings. The normalized spacial score (nSPS) is 10.9. The molecule has 1 N–H and O–H groups in total. The molecular formula is C14H18ClN3OS. The SMILES string of the molecule is CCn1c(CCCO)nnc1SCc1ccccc1Cl. The first-order valence-corrected chi connectivity index (χ1v) is 8.01. The third-order valence-corrected chi connectivity index (χ3v) is 4.37. The van der Waals surface area contributed by atoms with E-state index in [0.717, 1.165) is 40.3 Å². The maximum Gasteiger partial charge on any atom is 0.191 e. The zero-order chi connectivity index (χ0) is 14.4. The molecule has 0 radical (unpaired) electrons. The molecule has 0 saturated heterocycles. The third-order valence-electron chi connectivity index (χ3n) is 2.98. The van der Waals surface area contributed by atoms with Gasteiger partial charge in [-0.15, -0.1) is 10.2 Å². The van der Waals surface area contributed by atoms with Gasteiger partial charge in [0.25, 0.3) is 0 Å². The Hall–Kier alpha value is -1.04. The Bertz CT molecular complexity index is 559. The molecule has 6 heteroatoms. The summed E-state index contributed by atoms with van der Waals surface area (Å²) in [5.74, 6) is 1.71. The number of nitrogens with zero attached hydrogens (tertiary/aromatic N) is 3. The fraction of sp³-hybridized carbons (Fsp3) is 0.429. The van der Waals surface area contributed by atoms with Crippen LogP contribution in [-0.2, 0) is 18.7 Å². The first-order chi connectivity index (χ1) is 9.76. The van der Waals surface area contributed by atoms with Gasteiger partial charge in [0.05, 0.1) is 0 Å². The Labute approximate surface area is 128 Å². The third kappa shape index (κ3) is 3.75. The number of thioether (sulfide) groups is 1. The molecule has 0 saturated carbocycles. The highest BCUT2D eigenvalue weighted by Gasteiger charge is 2.11. The molecule has 0 aliphatic carbocycles. The number of aryl methyl sites for hydroxylation is 1. The van der Waals surface area contributed by atoms with Crippen molar-refractivity contribution < 1.29 is 5.11 Å². The summed E-state index contributed by atoms with van der Waals surface area (Å²) in [6, 6.07) is 7.83. The molecule has 108 valence electrons. The lowest BCUT2D eigenvalue weighted by atomic mass is 10.2. The average Bonchev–Trinajstić information content (AvgIpc) is 2.86. The van der Waals surface area contributed by atoms with Gasteiger partial charge in [-0.25, -0.2) is 0 Å². The minimum atomic E-state index is 0.179. The van der Waals surface area contributed by atoms with Crippen LogP contribution in [0.2, 0.25) is 5.02 Å². The summed E-state index contributed by atoms with van der Waals surface area (Å²) >= 11 is 7.79. The molecule has 1 aromatic carbocycles. The van der Waals surface area contributed by atoms with E-state index in [1.54, 1.807) is 11.8 Å². The van der Waals surface area contributed by atoms with Crippen molar-refractivity contribution in [3.8, 4) is 0 Å². The van der Waals surface area contributed by atoms with Crippen LogP contribution >= 0.6 is 23.4 Å². The maximum absolute atomic E-state index is 8.90. The van der Waals surface area contributed by atoms with Crippen LogP contribution in [0.25, 0.3) is 0 Å². The van der Waals surface area contributed by atoms with Crippen LogP contribution in [0.3, 0.4) is 0 Å². The van der Waals surface area contributed by atoms with Gasteiger partial charge in [-0.3, -0.25) is 0 Å². The highest BCUT2D eigenvalue weighted by Crippen LogP contribution is 2.26. The summed E-state index contributed by atoms with van der Waals surface area (Å²) in [6.45, 7) is 3.09. The molecule has 0 aliphatic rings. The highest BCUT2D eigenvalue weighted by molar-refractivity contribution is 7.98. The lowest BCUT2D eigenvalue weighted by Gasteiger charge is -2.07. The van der Waals surface area contributed by atoms with Gasteiger partial charge in [0, 0.05) is 30.3 Å². The molecule has 0 atom stereocenters. The van der Waals surface area contributed by atoms with Gasteiger partial charge >= 0.3 is 0 Å². The van der Waals surface area contributed by atoms with E-state index in [9.17, 15) is 0 Å². The summed E-state index contributed by atoms with van der Waals surface area (Å²) in [7, 11) is 0. The van der Waals surface area contributed by atoms with Gasteiger partial charge in [0.1, 0.15) is 5.82 Å². The van der Waals surface area contributed by atoms with E-state index in [2.05, 4.69) is 21.7 Å². The minimum Gasteiger partial charge on any atom is -0.396 e. The summed E-state index contributed by atoms with van der Waals surface area (Å²) in [5.41, 5.74) is 1.10. The van der Waals surface area contributed by atoms with E-state index in [0.29, 0.717) is 6.42 Å². The van der Waals surface area contributed by atoms with Gasteiger partial charge in [-0.1, -0.05) is 41.6 Å². The molecule has 4 nitrogen and oxygen atoms in total. The molecule has 1 aromatic heterocycles. The second kappa shape index (κ2) is 7.67. The second-order valence-corrected chi connectivity index (χ2v) is 5.70. The van der Waals surface area contributed by atoms with E-state index in [-0.39, 0.29) is 6.61 Å². The average molecular weight is 312 g/mol. The minimum absolute atomic E-state index is 0.179. The molecule has 0 aliphatic heterocycles. The summed E-state index contributed by atoms with van der Waals surface area (Å²) in [6.07, 6.45) is 1.47. The van der Waals surface area contributed by atoms with Crippen molar-refractivity contribution in [3.63, 3.8) is 0 Å². The van der Waals surface area contributed by atoms with Gasteiger partial charge in [0.2, 0.25) is 0 Å². The number of rotatable bonds is 7. The van der Waals surface area contributed by atoms with Crippen LogP contribution in [0.4, 0.5) is 0 Å².